The molecule has 1 amide bonds. The first-order valence-corrected chi connectivity index (χ1v) is 11.8. The van der Waals surface area contributed by atoms with Crippen LogP contribution in [0.5, 0.6) is 5.75 Å². The maximum absolute atomic E-state index is 12.2. The maximum Gasteiger partial charge on any atom is 0.410 e. The first-order chi connectivity index (χ1) is 15.3. The second-order valence-electron chi connectivity index (χ2n) is 7.87. The molecule has 5 nitrogen and oxygen atoms in total. The molecule has 1 fully saturated rings. The number of hydrogen-bond acceptors (Lipinski definition) is 5. The molecule has 31 heavy (non-hydrogen) atoms. The minimum absolute atomic E-state index is 0.238. The van der Waals surface area contributed by atoms with Gasteiger partial charge in [0, 0.05) is 24.9 Å². The lowest BCUT2D eigenvalue weighted by Gasteiger charge is -2.31. The molecule has 1 aromatic heterocycles. The number of rotatable bonds is 8. The molecule has 0 unspecified atom stereocenters. The van der Waals surface area contributed by atoms with Crippen LogP contribution in [-0.2, 0) is 17.8 Å². The fraction of sp³-hybridized carbons (Fsp3) is 0.360. The third-order valence-electron chi connectivity index (χ3n) is 5.69. The van der Waals surface area contributed by atoms with Gasteiger partial charge in [-0.2, -0.15) is 0 Å². The Morgan fingerprint density at radius 2 is 1.84 bits per heavy atom. The Kier molecular flexibility index (Phi) is 7.56. The van der Waals surface area contributed by atoms with Gasteiger partial charge in [0.25, 0.3) is 0 Å². The highest BCUT2D eigenvalue weighted by Crippen LogP contribution is 2.24. The third-order valence-corrected chi connectivity index (χ3v) is 6.33. The highest BCUT2D eigenvalue weighted by atomic mass is 32.1. The van der Waals surface area contributed by atoms with Gasteiger partial charge in [0.05, 0.1) is 17.8 Å². The molecule has 0 N–H and O–H groups in total. The Labute approximate surface area is 187 Å². The summed E-state index contributed by atoms with van der Waals surface area (Å²) in [6.45, 7) is 2.43. The number of ether oxygens (including phenoxy) is 2. The smallest absolute Gasteiger partial charge is 0.410 e. The number of amides is 1. The third kappa shape index (κ3) is 6.31. The average Bonchev–Trinajstić information content (AvgIpc) is 3.34. The Hall–Kier alpha value is -2.86. The predicted octanol–water partition coefficient (Wildman–Crippen LogP) is 5.55. The molecule has 3 aromatic rings. The number of nitrogens with zero attached hydrogens (tertiary/aromatic N) is 2. The molecule has 1 aliphatic heterocycles. The standard InChI is InChI=1S/C25H28N2O3S/c28-25(30-17-23-18-31-19-26-23)27-13-10-20(11-14-27)12-15-29-24-9-5-4-8-22(24)16-21-6-2-1-3-7-21/h1-9,18-20H,10-17H2. The van der Waals surface area contributed by atoms with Gasteiger partial charge < -0.3 is 14.4 Å². The van der Waals surface area contributed by atoms with Crippen molar-refractivity contribution in [3.8, 4) is 5.75 Å². The van der Waals surface area contributed by atoms with Crippen LogP contribution in [-0.4, -0.2) is 35.7 Å². The number of hydrogen-bond donors (Lipinski definition) is 0. The van der Waals surface area contributed by atoms with Gasteiger partial charge in [-0.05, 0) is 42.4 Å². The van der Waals surface area contributed by atoms with Crippen molar-refractivity contribution >= 4 is 17.4 Å². The van der Waals surface area contributed by atoms with Gasteiger partial charge in [-0.15, -0.1) is 11.3 Å². The summed E-state index contributed by atoms with van der Waals surface area (Å²) in [5.41, 5.74) is 5.05. The zero-order chi connectivity index (χ0) is 21.3. The lowest BCUT2D eigenvalue weighted by Crippen LogP contribution is -2.39. The van der Waals surface area contributed by atoms with Crippen LogP contribution < -0.4 is 4.74 Å². The van der Waals surface area contributed by atoms with Gasteiger partial charge in [-0.1, -0.05) is 48.5 Å². The number of thiazole rings is 1. The lowest BCUT2D eigenvalue weighted by molar-refractivity contribution is 0.0792. The highest BCUT2D eigenvalue weighted by Gasteiger charge is 2.24. The number of para-hydroxylation sites is 1. The molecule has 0 saturated carbocycles. The van der Waals surface area contributed by atoms with Gasteiger partial charge in [0.1, 0.15) is 12.4 Å². The first-order valence-electron chi connectivity index (χ1n) is 10.8. The van der Waals surface area contributed by atoms with Crippen LogP contribution >= 0.6 is 11.3 Å². The van der Waals surface area contributed by atoms with E-state index < -0.39 is 0 Å². The monoisotopic (exact) mass is 436 g/mol. The maximum atomic E-state index is 12.2. The largest absolute Gasteiger partial charge is 0.493 e. The quantitative estimate of drug-likeness (QED) is 0.464. The number of carbonyl (C=O) groups excluding carboxylic acids is 1. The van der Waals surface area contributed by atoms with Crippen LogP contribution in [0.2, 0.25) is 0 Å². The molecule has 4 rings (SSSR count). The molecule has 6 heteroatoms. The van der Waals surface area contributed by atoms with Crippen molar-refractivity contribution in [2.75, 3.05) is 19.7 Å². The van der Waals surface area contributed by atoms with E-state index in [-0.39, 0.29) is 12.7 Å². The lowest BCUT2D eigenvalue weighted by atomic mass is 9.94. The first kappa shape index (κ1) is 21.4. The average molecular weight is 437 g/mol. The predicted molar refractivity (Wildman–Crippen MR) is 122 cm³/mol. The number of benzene rings is 2. The molecule has 0 aliphatic carbocycles. The Morgan fingerprint density at radius 3 is 2.61 bits per heavy atom. The number of piperidine rings is 1. The topological polar surface area (TPSA) is 51.7 Å². The van der Waals surface area contributed by atoms with Crippen LogP contribution in [0.1, 0.15) is 36.1 Å². The molecule has 0 spiro atoms. The van der Waals surface area contributed by atoms with Crippen molar-refractivity contribution < 1.29 is 14.3 Å². The van der Waals surface area contributed by atoms with Crippen LogP contribution in [0, 0.1) is 5.92 Å². The molecule has 1 saturated heterocycles. The summed E-state index contributed by atoms with van der Waals surface area (Å²) in [4.78, 5) is 18.2. The Balaban J connectivity index is 1.19. The van der Waals surface area contributed by atoms with E-state index in [4.69, 9.17) is 9.47 Å². The van der Waals surface area contributed by atoms with Gasteiger partial charge >= 0.3 is 6.09 Å². The second-order valence-corrected chi connectivity index (χ2v) is 8.59. The summed E-state index contributed by atoms with van der Waals surface area (Å²) in [6, 6.07) is 18.8. The molecular formula is C25H28N2O3S. The van der Waals surface area contributed by atoms with Gasteiger partial charge in [0.15, 0.2) is 0 Å². The van der Waals surface area contributed by atoms with Crippen LogP contribution in [0.15, 0.2) is 65.5 Å². The molecule has 0 atom stereocenters. The number of carbonyl (C=O) groups is 1. The van der Waals surface area contributed by atoms with E-state index in [0.717, 1.165) is 50.2 Å². The van der Waals surface area contributed by atoms with E-state index in [0.29, 0.717) is 12.5 Å². The zero-order valence-corrected chi connectivity index (χ0v) is 18.4. The van der Waals surface area contributed by atoms with E-state index in [9.17, 15) is 4.79 Å². The molecule has 0 bridgehead atoms. The molecular weight excluding hydrogens is 408 g/mol. The summed E-state index contributed by atoms with van der Waals surface area (Å²) in [6.07, 6.45) is 3.61. The highest BCUT2D eigenvalue weighted by molar-refractivity contribution is 7.07. The molecule has 162 valence electrons. The van der Waals surface area contributed by atoms with Crippen LogP contribution in [0.25, 0.3) is 0 Å². The Bertz CT molecular complexity index is 938. The molecule has 0 radical (unpaired) electrons. The number of likely N-dealkylation sites (tertiary alicyclic amines) is 1. The van der Waals surface area contributed by atoms with E-state index in [1.54, 1.807) is 10.4 Å². The minimum Gasteiger partial charge on any atom is -0.493 e. The van der Waals surface area contributed by atoms with Gasteiger partial charge in [-0.25, -0.2) is 9.78 Å². The Morgan fingerprint density at radius 1 is 1.06 bits per heavy atom. The van der Waals surface area contributed by atoms with Crippen molar-refractivity contribution in [3.63, 3.8) is 0 Å². The fourth-order valence-electron chi connectivity index (χ4n) is 3.88. The van der Waals surface area contributed by atoms with Crippen molar-refractivity contribution in [3.05, 3.63) is 82.3 Å². The molecule has 1 aliphatic rings. The van der Waals surface area contributed by atoms with E-state index in [1.165, 1.54) is 22.5 Å². The SMILES string of the molecule is O=C(OCc1cscn1)N1CCC(CCOc2ccccc2Cc2ccccc2)CC1. The molecule has 2 aromatic carbocycles. The second kappa shape index (κ2) is 11.0. The summed E-state index contributed by atoms with van der Waals surface area (Å²) in [7, 11) is 0. The summed E-state index contributed by atoms with van der Waals surface area (Å²) >= 11 is 1.51. The van der Waals surface area contributed by atoms with E-state index in [1.807, 2.05) is 17.5 Å². The normalized spacial score (nSPS) is 14.4. The number of aromatic nitrogens is 1. The fourth-order valence-corrected chi connectivity index (χ4v) is 4.43. The van der Waals surface area contributed by atoms with Gasteiger partial charge in [-0.3, -0.25) is 0 Å². The minimum atomic E-state index is -0.238. The van der Waals surface area contributed by atoms with Crippen molar-refractivity contribution in [1.82, 2.24) is 9.88 Å². The van der Waals surface area contributed by atoms with Crippen molar-refractivity contribution in [2.45, 2.75) is 32.3 Å². The van der Waals surface area contributed by atoms with Gasteiger partial charge in [0.2, 0.25) is 0 Å². The zero-order valence-electron chi connectivity index (χ0n) is 17.6. The summed E-state index contributed by atoms with van der Waals surface area (Å²) < 4.78 is 11.5. The van der Waals surface area contributed by atoms with Crippen LogP contribution in [0.3, 0.4) is 0 Å². The molecule has 2 heterocycles. The van der Waals surface area contributed by atoms with Crippen LogP contribution in [0.4, 0.5) is 4.79 Å². The summed E-state index contributed by atoms with van der Waals surface area (Å²) in [5, 5.41) is 1.90. The van der Waals surface area contributed by atoms with E-state index >= 15 is 0 Å². The summed E-state index contributed by atoms with van der Waals surface area (Å²) in [5.74, 6) is 1.54. The van der Waals surface area contributed by atoms with Crippen molar-refractivity contribution in [2.24, 2.45) is 5.92 Å². The van der Waals surface area contributed by atoms with E-state index in [2.05, 4.69) is 47.4 Å². The van der Waals surface area contributed by atoms with Crippen molar-refractivity contribution in [1.29, 1.82) is 0 Å².